The summed E-state index contributed by atoms with van der Waals surface area (Å²) in [5.41, 5.74) is 4.92. The van der Waals surface area contributed by atoms with E-state index in [1.807, 2.05) is 45.2 Å². The van der Waals surface area contributed by atoms with Gasteiger partial charge in [0, 0.05) is 59.5 Å². The van der Waals surface area contributed by atoms with Gasteiger partial charge in [-0.1, -0.05) is 77.6 Å². The molecule has 0 aliphatic carbocycles. The van der Waals surface area contributed by atoms with E-state index in [1.165, 1.54) is 37.6 Å². The van der Waals surface area contributed by atoms with Crippen LogP contribution in [0.3, 0.4) is 0 Å². The van der Waals surface area contributed by atoms with Crippen LogP contribution in [0.15, 0.2) is 54.4 Å². The van der Waals surface area contributed by atoms with Crippen LogP contribution in [0.5, 0.6) is 0 Å². The van der Waals surface area contributed by atoms with E-state index in [0.29, 0.717) is 0 Å². The molecule has 5 heteroatoms. The Morgan fingerprint density at radius 3 is 2.17 bits per heavy atom. The summed E-state index contributed by atoms with van der Waals surface area (Å²) >= 11 is 1.84. The molecule has 2 heterocycles. The summed E-state index contributed by atoms with van der Waals surface area (Å²) in [5.74, 6) is 0.547. The van der Waals surface area contributed by atoms with Crippen molar-refractivity contribution in [2.75, 3.05) is 0 Å². The Morgan fingerprint density at radius 2 is 1.59 bits per heavy atom. The van der Waals surface area contributed by atoms with E-state index in [1.54, 1.807) is 0 Å². The molecule has 4 rings (SSSR count). The zero-order valence-electron chi connectivity index (χ0n) is 26.1. The number of benzene rings is 2. The van der Waals surface area contributed by atoms with Crippen LogP contribution in [-0.4, -0.2) is 15.9 Å². The van der Waals surface area contributed by atoms with E-state index >= 15 is 0 Å². The topological polar surface area (TPSA) is 50.2 Å². The molecule has 0 aliphatic heterocycles. The van der Waals surface area contributed by atoms with Crippen molar-refractivity contribution in [2.24, 2.45) is 11.8 Å². The van der Waals surface area contributed by atoms with Crippen molar-refractivity contribution in [2.45, 2.75) is 93.4 Å². The van der Waals surface area contributed by atoms with Gasteiger partial charge in [-0.25, -0.2) is 0 Å². The molecule has 4 aromatic rings. The number of thiophene rings is 1. The summed E-state index contributed by atoms with van der Waals surface area (Å²) < 4.78 is 1.27. The van der Waals surface area contributed by atoms with Crippen molar-refractivity contribution >= 4 is 38.0 Å². The van der Waals surface area contributed by atoms with E-state index in [2.05, 4.69) is 77.1 Å². The molecule has 2 aromatic carbocycles. The third-order valence-electron chi connectivity index (χ3n) is 8.01. The largest absolute Gasteiger partial charge is 0.512 e. The minimum atomic E-state index is 0. The van der Waals surface area contributed by atoms with Crippen LogP contribution < -0.4 is 0 Å². The minimum Gasteiger partial charge on any atom is -0.512 e. The molecule has 0 unspecified atom stereocenters. The summed E-state index contributed by atoms with van der Waals surface area (Å²) in [7, 11) is 0. The normalized spacial score (nSPS) is 12.0. The number of aryl methyl sites for hydroxylation is 2. The van der Waals surface area contributed by atoms with Gasteiger partial charge in [0.1, 0.15) is 0 Å². The van der Waals surface area contributed by atoms with Gasteiger partial charge < -0.3 is 5.11 Å². The van der Waals surface area contributed by atoms with E-state index in [9.17, 15) is 9.90 Å². The molecular formula is C36H46IrNO2S-. The quantitative estimate of drug-likeness (QED) is 0.111. The Labute approximate surface area is 264 Å². The van der Waals surface area contributed by atoms with Crippen molar-refractivity contribution in [3.05, 3.63) is 76.5 Å². The van der Waals surface area contributed by atoms with E-state index in [4.69, 9.17) is 4.98 Å². The molecule has 1 N–H and O–H groups in total. The second-order valence-electron chi connectivity index (χ2n) is 11.7. The summed E-state index contributed by atoms with van der Waals surface area (Å²) in [6.45, 7) is 19.3. The van der Waals surface area contributed by atoms with Crippen LogP contribution in [0.25, 0.3) is 32.1 Å². The third-order valence-corrected chi connectivity index (χ3v) is 9.24. The number of hydrogen-bond donors (Lipinski definition) is 1. The number of ketones is 1. The number of pyridine rings is 1. The fourth-order valence-electron chi connectivity index (χ4n) is 5.22. The van der Waals surface area contributed by atoms with Gasteiger partial charge in [0.25, 0.3) is 0 Å². The van der Waals surface area contributed by atoms with Crippen molar-refractivity contribution in [1.82, 2.24) is 4.98 Å². The summed E-state index contributed by atoms with van der Waals surface area (Å²) in [5, 5.41) is 13.5. The molecule has 0 saturated carbocycles. The van der Waals surface area contributed by atoms with E-state index < -0.39 is 0 Å². The zero-order chi connectivity index (χ0) is 29.6. The number of aliphatic hydroxyl groups excluding tert-OH is 1. The number of allylic oxidation sites excluding steroid dienone is 2. The maximum atomic E-state index is 11.7. The second-order valence-corrected chi connectivity index (χ2v) is 12.9. The Balaban J connectivity index is 0.000000320. The zero-order valence-corrected chi connectivity index (χ0v) is 29.4. The molecule has 2 aromatic heterocycles. The molecule has 223 valence electrons. The van der Waals surface area contributed by atoms with Crippen LogP contribution >= 0.6 is 11.3 Å². The first-order valence-electron chi connectivity index (χ1n) is 14.7. The summed E-state index contributed by atoms with van der Waals surface area (Å²) in [6, 6.07) is 16.6. The van der Waals surface area contributed by atoms with Crippen LogP contribution in [0.2, 0.25) is 0 Å². The van der Waals surface area contributed by atoms with Crippen LogP contribution in [0, 0.1) is 31.7 Å². The van der Waals surface area contributed by atoms with Crippen LogP contribution in [0.1, 0.15) is 90.2 Å². The van der Waals surface area contributed by atoms with Crippen molar-refractivity contribution in [3.63, 3.8) is 0 Å². The monoisotopic (exact) mass is 749 g/mol. The predicted octanol–water partition coefficient (Wildman–Crippen LogP) is 10.7. The molecule has 1 radical (unpaired) electrons. The molecule has 0 bridgehead atoms. The number of nitrogens with zero attached hydrogens (tertiary/aromatic N) is 1. The van der Waals surface area contributed by atoms with Crippen LogP contribution in [-0.2, 0) is 30.3 Å². The average molecular weight is 749 g/mol. The maximum Gasteiger partial charge on any atom is 0.162 e. The number of hydrogen-bond acceptors (Lipinski definition) is 4. The van der Waals surface area contributed by atoms with Crippen molar-refractivity contribution in [1.29, 1.82) is 0 Å². The number of aromatic nitrogens is 1. The molecule has 0 amide bonds. The first-order valence-corrected chi connectivity index (χ1v) is 15.5. The fraction of sp³-hybridized carbons (Fsp3) is 0.444. The minimum absolute atomic E-state index is 0. The Hall–Kier alpha value is -2.33. The molecule has 0 aliphatic rings. The number of rotatable bonds is 8. The van der Waals surface area contributed by atoms with Crippen molar-refractivity contribution < 1.29 is 30.0 Å². The van der Waals surface area contributed by atoms with Gasteiger partial charge in [-0.05, 0) is 62.0 Å². The molecule has 3 nitrogen and oxygen atoms in total. The molecule has 0 saturated heterocycles. The van der Waals surface area contributed by atoms with Gasteiger partial charge in [-0.15, -0.1) is 40.5 Å². The van der Waals surface area contributed by atoms with Crippen LogP contribution in [0.4, 0.5) is 0 Å². The number of aliphatic hydroxyl groups is 1. The van der Waals surface area contributed by atoms with E-state index in [0.717, 1.165) is 42.3 Å². The van der Waals surface area contributed by atoms with Crippen molar-refractivity contribution in [3.8, 4) is 11.3 Å². The molecule has 0 spiro atoms. The maximum absolute atomic E-state index is 11.7. The van der Waals surface area contributed by atoms with Gasteiger partial charge in [0.05, 0.1) is 5.76 Å². The second kappa shape index (κ2) is 15.2. The van der Waals surface area contributed by atoms with E-state index in [-0.39, 0.29) is 48.9 Å². The van der Waals surface area contributed by atoms with Gasteiger partial charge in [0.2, 0.25) is 0 Å². The molecule has 41 heavy (non-hydrogen) atoms. The molecule has 0 fully saturated rings. The smallest absolute Gasteiger partial charge is 0.162 e. The fourth-order valence-corrected chi connectivity index (χ4v) is 6.38. The van der Waals surface area contributed by atoms with Gasteiger partial charge >= 0.3 is 0 Å². The Bertz CT molecular complexity index is 1490. The average Bonchev–Trinajstić information content (AvgIpc) is 3.22. The van der Waals surface area contributed by atoms with Gasteiger partial charge in [-0.3, -0.25) is 9.78 Å². The molecule has 0 atom stereocenters. The van der Waals surface area contributed by atoms with Gasteiger partial charge in [0.15, 0.2) is 5.78 Å². The first kappa shape index (κ1) is 34.9. The Morgan fingerprint density at radius 1 is 0.976 bits per heavy atom. The number of carbonyl (C=O) groups is 1. The first-order chi connectivity index (χ1) is 19.0. The summed E-state index contributed by atoms with van der Waals surface area (Å²) in [4.78, 5) is 17.8. The SMILES string of the molecule is CCC(CC)C(=O)/C=C(\O)C(CC)CC.Cc1sc2c(-c3[c-]c4ccccc4c(C(C)(C)C)c3)nccc2c1C.[Ir]. The molecular weight excluding hydrogens is 703 g/mol. The predicted molar refractivity (Wildman–Crippen MR) is 173 cm³/mol. The summed E-state index contributed by atoms with van der Waals surface area (Å²) in [6.07, 6.45) is 6.83. The standard InChI is InChI=1S/C23H22NS.C13H24O2.Ir/c1-14-15(2)25-22-18(14)10-11-24-21(22)17-12-16-8-6-7-9-19(16)20(13-17)23(3,4)5;1-5-10(6-2)12(14)9-13(15)11(7-3)8-4;/h6-11,13H,1-5H3;9-11,14H,5-8H2,1-4H3;/q-1;;/b;12-9-;. The number of carbonyl (C=O) groups excluding carboxylic acids is 1. The number of fused-ring (bicyclic) bond motifs is 2. The Kier molecular flexibility index (Phi) is 13.0. The third kappa shape index (κ3) is 8.15. The van der Waals surface area contributed by atoms with Gasteiger partial charge in [-0.2, -0.15) is 0 Å².